The number of Topliss-reactive ketones (excluding diaryl/α,β-unsaturated/α-hetero) is 1. The van der Waals surface area contributed by atoms with E-state index in [1.165, 1.54) is 6.92 Å². The lowest BCUT2D eigenvalue weighted by molar-refractivity contribution is -0.146. The molecule has 0 aliphatic carbocycles. The Morgan fingerprint density at radius 2 is 2.19 bits per heavy atom. The van der Waals surface area contributed by atoms with Crippen LogP contribution in [0.15, 0.2) is 12.2 Å². The molecule has 0 aromatic heterocycles. The highest BCUT2D eigenvalue weighted by atomic mass is 16.2. The first-order chi connectivity index (χ1) is 7.57. The van der Waals surface area contributed by atoms with Crippen molar-refractivity contribution in [2.24, 2.45) is 0 Å². The number of imide groups is 1. The fourth-order valence-corrected chi connectivity index (χ4v) is 1.88. The van der Waals surface area contributed by atoms with Crippen LogP contribution in [0.5, 0.6) is 0 Å². The first-order valence-electron chi connectivity index (χ1n) is 5.54. The monoisotopic (exact) mass is 223 g/mol. The summed E-state index contributed by atoms with van der Waals surface area (Å²) in [6.07, 6.45) is 5.43. The van der Waals surface area contributed by atoms with Crippen LogP contribution >= 0.6 is 0 Å². The summed E-state index contributed by atoms with van der Waals surface area (Å²) < 4.78 is 0. The molecule has 16 heavy (non-hydrogen) atoms. The second-order valence-corrected chi connectivity index (χ2v) is 3.93. The zero-order valence-corrected chi connectivity index (χ0v) is 9.73. The second-order valence-electron chi connectivity index (χ2n) is 3.93. The number of allylic oxidation sites excluding steroid dienone is 2. The SMILES string of the molecule is CC=CCCC(=O)N1C(=O)CCC1C(C)=O. The highest BCUT2D eigenvalue weighted by Gasteiger charge is 2.37. The van der Waals surface area contributed by atoms with Gasteiger partial charge in [-0.2, -0.15) is 0 Å². The van der Waals surface area contributed by atoms with E-state index in [1.54, 1.807) is 0 Å². The molecule has 1 unspecified atom stereocenters. The van der Waals surface area contributed by atoms with Crippen molar-refractivity contribution >= 4 is 17.6 Å². The largest absolute Gasteiger partial charge is 0.298 e. The van der Waals surface area contributed by atoms with Crippen molar-refractivity contribution in [3.8, 4) is 0 Å². The van der Waals surface area contributed by atoms with Crippen LogP contribution in [0.25, 0.3) is 0 Å². The van der Waals surface area contributed by atoms with Gasteiger partial charge < -0.3 is 0 Å². The van der Waals surface area contributed by atoms with E-state index < -0.39 is 6.04 Å². The smallest absolute Gasteiger partial charge is 0.230 e. The van der Waals surface area contributed by atoms with Crippen molar-refractivity contribution in [1.29, 1.82) is 0 Å². The molecule has 0 aromatic rings. The number of nitrogens with zero attached hydrogens (tertiary/aromatic N) is 1. The first-order valence-corrected chi connectivity index (χ1v) is 5.54. The van der Waals surface area contributed by atoms with E-state index in [0.717, 1.165) is 4.90 Å². The Morgan fingerprint density at radius 3 is 2.75 bits per heavy atom. The highest BCUT2D eigenvalue weighted by molar-refractivity contribution is 6.02. The van der Waals surface area contributed by atoms with Crippen molar-refractivity contribution in [3.63, 3.8) is 0 Å². The lowest BCUT2D eigenvalue weighted by Crippen LogP contribution is -2.41. The molecule has 0 spiro atoms. The summed E-state index contributed by atoms with van der Waals surface area (Å²) >= 11 is 0. The predicted octanol–water partition coefficient (Wildman–Crippen LogP) is 1.45. The molecule has 1 saturated heterocycles. The van der Waals surface area contributed by atoms with Crippen LogP contribution in [-0.4, -0.2) is 28.5 Å². The molecule has 1 aliphatic rings. The minimum absolute atomic E-state index is 0.106. The summed E-state index contributed by atoms with van der Waals surface area (Å²) in [6, 6.07) is -0.523. The predicted molar refractivity (Wildman–Crippen MR) is 59.6 cm³/mol. The van der Waals surface area contributed by atoms with Crippen LogP contribution in [0, 0.1) is 0 Å². The van der Waals surface area contributed by atoms with Gasteiger partial charge in [0, 0.05) is 12.8 Å². The fourth-order valence-electron chi connectivity index (χ4n) is 1.88. The van der Waals surface area contributed by atoms with E-state index in [0.29, 0.717) is 25.7 Å². The lowest BCUT2D eigenvalue weighted by Gasteiger charge is -2.20. The van der Waals surface area contributed by atoms with Crippen LogP contribution in [0.3, 0.4) is 0 Å². The van der Waals surface area contributed by atoms with Crippen molar-refractivity contribution in [3.05, 3.63) is 12.2 Å². The van der Waals surface area contributed by atoms with Gasteiger partial charge in [-0.15, -0.1) is 0 Å². The Bertz CT molecular complexity index is 333. The van der Waals surface area contributed by atoms with E-state index in [1.807, 2.05) is 19.1 Å². The van der Waals surface area contributed by atoms with Crippen molar-refractivity contribution in [1.82, 2.24) is 4.90 Å². The van der Waals surface area contributed by atoms with Crippen LogP contribution < -0.4 is 0 Å². The Hall–Kier alpha value is -1.45. The number of amides is 2. The number of hydrogen-bond acceptors (Lipinski definition) is 3. The zero-order valence-electron chi connectivity index (χ0n) is 9.73. The topological polar surface area (TPSA) is 54.5 Å². The molecular weight excluding hydrogens is 206 g/mol. The second kappa shape index (κ2) is 5.58. The number of hydrogen-bond donors (Lipinski definition) is 0. The van der Waals surface area contributed by atoms with Gasteiger partial charge in [0.15, 0.2) is 5.78 Å². The average molecular weight is 223 g/mol. The van der Waals surface area contributed by atoms with Gasteiger partial charge in [0.05, 0.1) is 6.04 Å². The normalized spacial score (nSPS) is 20.8. The minimum atomic E-state index is -0.523. The lowest BCUT2D eigenvalue weighted by atomic mass is 10.1. The van der Waals surface area contributed by atoms with Gasteiger partial charge in [0.25, 0.3) is 0 Å². The van der Waals surface area contributed by atoms with Crippen molar-refractivity contribution < 1.29 is 14.4 Å². The van der Waals surface area contributed by atoms with E-state index in [4.69, 9.17) is 0 Å². The summed E-state index contributed by atoms with van der Waals surface area (Å²) in [6.45, 7) is 3.30. The number of carbonyl (C=O) groups is 3. The van der Waals surface area contributed by atoms with Gasteiger partial charge in [-0.3, -0.25) is 19.3 Å². The Labute approximate surface area is 95.3 Å². The maximum atomic E-state index is 11.8. The fraction of sp³-hybridized carbons (Fsp3) is 0.583. The summed E-state index contributed by atoms with van der Waals surface area (Å²) in [7, 11) is 0. The van der Waals surface area contributed by atoms with Gasteiger partial charge in [0.2, 0.25) is 11.8 Å². The Balaban J connectivity index is 2.64. The quantitative estimate of drug-likeness (QED) is 0.678. The molecule has 0 radical (unpaired) electrons. The summed E-state index contributed by atoms with van der Waals surface area (Å²) in [5.41, 5.74) is 0. The summed E-state index contributed by atoms with van der Waals surface area (Å²) in [5.74, 6) is -0.559. The van der Waals surface area contributed by atoms with Crippen LogP contribution in [0.2, 0.25) is 0 Å². The summed E-state index contributed by atoms with van der Waals surface area (Å²) in [5, 5.41) is 0. The molecule has 1 fully saturated rings. The maximum Gasteiger partial charge on any atom is 0.230 e. The molecule has 2 amide bonds. The van der Waals surface area contributed by atoms with E-state index in [2.05, 4.69) is 0 Å². The standard InChI is InChI=1S/C12H17NO3/c1-3-4-5-6-11(15)13-10(9(2)14)7-8-12(13)16/h3-4,10H,5-8H2,1-2H3. The Kier molecular flexibility index (Phi) is 4.40. The van der Waals surface area contributed by atoms with Crippen LogP contribution in [0.4, 0.5) is 0 Å². The van der Waals surface area contributed by atoms with Crippen molar-refractivity contribution in [2.45, 2.75) is 45.6 Å². The van der Waals surface area contributed by atoms with Gasteiger partial charge in [0.1, 0.15) is 0 Å². The third kappa shape index (κ3) is 2.78. The molecule has 0 aromatic carbocycles. The average Bonchev–Trinajstić information content (AvgIpc) is 2.60. The zero-order chi connectivity index (χ0) is 12.1. The molecule has 1 rings (SSSR count). The molecule has 88 valence electrons. The third-order valence-electron chi connectivity index (χ3n) is 2.71. The molecule has 0 N–H and O–H groups in total. The van der Waals surface area contributed by atoms with Gasteiger partial charge in [-0.05, 0) is 26.7 Å². The molecule has 1 atom stereocenters. The van der Waals surface area contributed by atoms with Crippen LogP contribution in [0.1, 0.15) is 39.5 Å². The van der Waals surface area contributed by atoms with Gasteiger partial charge in [-0.25, -0.2) is 0 Å². The number of ketones is 1. The first kappa shape index (κ1) is 12.6. The number of rotatable bonds is 4. The van der Waals surface area contributed by atoms with Crippen molar-refractivity contribution in [2.75, 3.05) is 0 Å². The molecule has 1 heterocycles. The van der Waals surface area contributed by atoms with Crippen LogP contribution in [-0.2, 0) is 14.4 Å². The molecule has 1 aliphatic heterocycles. The molecule has 4 heteroatoms. The van der Waals surface area contributed by atoms with Gasteiger partial charge in [-0.1, -0.05) is 12.2 Å². The molecule has 0 saturated carbocycles. The van der Waals surface area contributed by atoms with E-state index in [-0.39, 0.29) is 17.6 Å². The number of likely N-dealkylation sites (tertiary alicyclic amines) is 1. The summed E-state index contributed by atoms with van der Waals surface area (Å²) in [4.78, 5) is 35.7. The Morgan fingerprint density at radius 1 is 1.50 bits per heavy atom. The highest BCUT2D eigenvalue weighted by Crippen LogP contribution is 2.20. The number of carbonyl (C=O) groups excluding carboxylic acids is 3. The third-order valence-corrected chi connectivity index (χ3v) is 2.71. The molecule has 0 bridgehead atoms. The minimum Gasteiger partial charge on any atom is -0.298 e. The van der Waals surface area contributed by atoms with E-state index in [9.17, 15) is 14.4 Å². The van der Waals surface area contributed by atoms with Gasteiger partial charge >= 0.3 is 0 Å². The van der Waals surface area contributed by atoms with E-state index >= 15 is 0 Å². The maximum absolute atomic E-state index is 11.8. The molecule has 4 nitrogen and oxygen atoms in total. The molecular formula is C12H17NO3.